The first-order valence-corrected chi connectivity index (χ1v) is 10.0. The third-order valence-electron chi connectivity index (χ3n) is 5.40. The van der Waals surface area contributed by atoms with E-state index in [4.69, 9.17) is 21.8 Å². The summed E-state index contributed by atoms with van der Waals surface area (Å²) in [6.07, 6.45) is -5.53. The highest BCUT2D eigenvalue weighted by molar-refractivity contribution is 6.30. The second-order valence-electron chi connectivity index (χ2n) is 7.70. The molecule has 1 aliphatic rings. The molecular weight excluding hydrogens is 449 g/mol. The van der Waals surface area contributed by atoms with Crippen molar-refractivity contribution < 1.29 is 37.0 Å². The largest absolute Gasteiger partial charge is 0.435 e. The Hall–Kier alpha value is -1.98. The van der Waals surface area contributed by atoms with Gasteiger partial charge in [-0.25, -0.2) is 13.8 Å². The summed E-state index contributed by atoms with van der Waals surface area (Å²) in [6, 6.07) is 1.31. The van der Waals surface area contributed by atoms with Crippen LogP contribution < -0.4 is 5.32 Å². The third kappa shape index (κ3) is 5.27. The Bertz CT molecular complexity index is 949. The van der Waals surface area contributed by atoms with Gasteiger partial charge in [0.05, 0.1) is 24.9 Å². The van der Waals surface area contributed by atoms with Gasteiger partial charge in [-0.3, -0.25) is 9.20 Å². The Labute approximate surface area is 179 Å². The normalized spacial score (nSPS) is 17.5. The van der Waals surface area contributed by atoms with Crippen LogP contribution in [0.5, 0.6) is 0 Å². The molecule has 1 aliphatic carbocycles. The number of nitrogens with one attached hydrogen (secondary N) is 1. The van der Waals surface area contributed by atoms with Crippen LogP contribution in [-0.2, 0) is 12.6 Å². The van der Waals surface area contributed by atoms with Crippen molar-refractivity contribution in [3.63, 3.8) is 0 Å². The van der Waals surface area contributed by atoms with Crippen molar-refractivity contribution in [1.82, 2.24) is 14.7 Å². The fraction of sp³-hybridized carbons (Fsp3) is 0.579. The Balaban J connectivity index is 1.98. The van der Waals surface area contributed by atoms with Crippen molar-refractivity contribution in [3.8, 4) is 0 Å². The summed E-state index contributed by atoms with van der Waals surface area (Å²) >= 11 is 6.20. The highest BCUT2D eigenvalue weighted by atomic mass is 35.5. The first kappa shape index (κ1) is 23.7. The van der Waals surface area contributed by atoms with Crippen LogP contribution in [0, 0.1) is 5.92 Å². The van der Waals surface area contributed by atoms with E-state index >= 15 is 0 Å². The molecular formula is C19H21ClF5N3O3. The van der Waals surface area contributed by atoms with Gasteiger partial charge >= 0.3 is 6.18 Å². The molecule has 0 spiro atoms. The molecule has 2 aromatic heterocycles. The number of carbonyl (C=O) groups excluding carboxylic acids is 1. The first-order valence-electron chi connectivity index (χ1n) is 9.63. The molecule has 2 heterocycles. The van der Waals surface area contributed by atoms with Crippen molar-refractivity contribution in [1.29, 1.82) is 0 Å². The molecule has 0 saturated heterocycles. The number of amides is 1. The summed E-state index contributed by atoms with van der Waals surface area (Å²) in [7, 11) is 0. The zero-order valence-electron chi connectivity index (χ0n) is 16.2. The second-order valence-corrected chi connectivity index (χ2v) is 8.09. The second kappa shape index (κ2) is 8.87. The van der Waals surface area contributed by atoms with Crippen LogP contribution in [-0.4, -0.2) is 50.7 Å². The lowest BCUT2D eigenvalue weighted by Crippen LogP contribution is -2.40. The average molecular weight is 470 g/mol. The van der Waals surface area contributed by atoms with Gasteiger partial charge < -0.3 is 15.5 Å². The Morgan fingerprint density at radius 3 is 2.42 bits per heavy atom. The van der Waals surface area contributed by atoms with Gasteiger partial charge in [-0.05, 0) is 37.3 Å². The quantitative estimate of drug-likeness (QED) is 0.447. The molecule has 31 heavy (non-hydrogen) atoms. The number of carbonyl (C=O) groups is 1. The van der Waals surface area contributed by atoms with E-state index in [0.717, 1.165) is 16.5 Å². The number of hydrogen-bond donors (Lipinski definition) is 3. The van der Waals surface area contributed by atoms with E-state index in [1.54, 1.807) is 0 Å². The number of hydrogen-bond acceptors (Lipinski definition) is 4. The lowest BCUT2D eigenvalue weighted by atomic mass is 9.83. The minimum absolute atomic E-state index is 0.0827. The number of aliphatic hydroxyl groups excluding tert-OH is 2. The molecule has 0 atom stereocenters. The monoisotopic (exact) mass is 469 g/mol. The predicted molar refractivity (Wildman–Crippen MR) is 101 cm³/mol. The van der Waals surface area contributed by atoms with Crippen molar-refractivity contribution >= 4 is 23.2 Å². The number of rotatable bonds is 6. The molecule has 0 bridgehead atoms. The Morgan fingerprint density at radius 1 is 1.26 bits per heavy atom. The summed E-state index contributed by atoms with van der Waals surface area (Å²) in [5, 5.41) is 20.3. The van der Waals surface area contributed by atoms with Crippen LogP contribution in [0.1, 0.15) is 47.4 Å². The zero-order chi connectivity index (χ0) is 23.0. The summed E-state index contributed by atoms with van der Waals surface area (Å²) in [4.78, 5) is 15.9. The standard InChI is InChI=1S/C19H21ClF5N3O3/c20-14-6-11(17(31)26-12(8-29)9-30)7-15-27-16(19(23,24)25)13(28(14)15)5-10-1-3-18(21,22)4-2-10/h6-7,10,12,29-30H,1-5,8-9H2,(H,26,31). The summed E-state index contributed by atoms with van der Waals surface area (Å²) in [6.45, 7) is -1.07. The summed E-state index contributed by atoms with van der Waals surface area (Å²) in [5.74, 6) is -3.94. The number of aliphatic hydroxyl groups is 2. The van der Waals surface area contributed by atoms with E-state index in [1.807, 2.05) is 0 Å². The van der Waals surface area contributed by atoms with E-state index in [0.29, 0.717) is 0 Å². The molecule has 0 radical (unpaired) electrons. The van der Waals surface area contributed by atoms with Crippen molar-refractivity contribution in [2.45, 2.75) is 50.2 Å². The number of nitrogens with zero attached hydrogens (tertiary/aromatic N) is 2. The fourth-order valence-electron chi connectivity index (χ4n) is 3.72. The maximum absolute atomic E-state index is 13.6. The van der Waals surface area contributed by atoms with E-state index in [2.05, 4.69) is 10.3 Å². The highest BCUT2D eigenvalue weighted by Crippen LogP contribution is 2.40. The van der Waals surface area contributed by atoms with E-state index in [1.165, 1.54) is 0 Å². The van der Waals surface area contributed by atoms with Gasteiger partial charge in [0.1, 0.15) is 10.8 Å². The van der Waals surface area contributed by atoms with E-state index in [9.17, 15) is 26.7 Å². The van der Waals surface area contributed by atoms with Crippen LogP contribution in [0.3, 0.4) is 0 Å². The van der Waals surface area contributed by atoms with Crippen LogP contribution in [0.25, 0.3) is 5.65 Å². The van der Waals surface area contributed by atoms with E-state index in [-0.39, 0.29) is 60.1 Å². The van der Waals surface area contributed by atoms with Gasteiger partial charge in [0.25, 0.3) is 5.91 Å². The Kier molecular flexibility index (Phi) is 6.78. The van der Waals surface area contributed by atoms with Gasteiger partial charge in [0.2, 0.25) is 5.92 Å². The molecule has 1 saturated carbocycles. The predicted octanol–water partition coefficient (Wildman–Crippen LogP) is 3.46. The molecule has 3 rings (SSSR count). The first-order chi connectivity index (χ1) is 14.4. The number of aromatic nitrogens is 2. The lowest BCUT2D eigenvalue weighted by Gasteiger charge is -2.28. The molecule has 0 aliphatic heterocycles. The number of fused-ring (bicyclic) bond motifs is 1. The molecule has 172 valence electrons. The number of halogens is 6. The van der Waals surface area contributed by atoms with Gasteiger partial charge in [0.15, 0.2) is 5.69 Å². The van der Waals surface area contributed by atoms with Gasteiger partial charge in [-0.1, -0.05) is 11.6 Å². The molecule has 12 heteroatoms. The van der Waals surface area contributed by atoms with E-state index < -0.39 is 43.0 Å². The maximum Gasteiger partial charge on any atom is 0.435 e. The minimum Gasteiger partial charge on any atom is -0.394 e. The van der Waals surface area contributed by atoms with Gasteiger partial charge in [-0.15, -0.1) is 0 Å². The highest BCUT2D eigenvalue weighted by Gasteiger charge is 2.40. The van der Waals surface area contributed by atoms with Crippen LogP contribution in [0.15, 0.2) is 12.1 Å². The molecule has 3 N–H and O–H groups in total. The summed E-state index contributed by atoms with van der Waals surface area (Å²) in [5.41, 5.74) is -1.73. The molecule has 1 fully saturated rings. The SMILES string of the molecule is O=C(NC(CO)CO)c1cc(Cl)n2c(CC3CCC(F)(F)CC3)c(C(F)(F)F)nc2c1. The van der Waals surface area contributed by atoms with Gasteiger partial charge in [0, 0.05) is 18.4 Å². The third-order valence-corrected chi connectivity index (χ3v) is 5.68. The number of pyridine rings is 1. The average Bonchev–Trinajstić information content (AvgIpc) is 3.06. The molecule has 6 nitrogen and oxygen atoms in total. The van der Waals surface area contributed by atoms with Gasteiger partial charge in [-0.2, -0.15) is 13.2 Å². The molecule has 0 aromatic carbocycles. The Morgan fingerprint density at radius 2 is 1.87 bits per heavy atom. The molecule has 1 amide bonds. The topological polar surface area (TPSA) is 86.9 Å². The molecule has 2 aromatic rings. The smallest absolute Gasteiger partial charge is 0.394 e. The molecule has 0 unspecified atom stereocenters. The van der Waals surface area contributed by atoms with Crippen LogP contribution in [0.4, 0.5) is 22.0 Å². The van der Waals surface area contributed by atoms with Crippen molar-refractivity contribution in [2.24, 2.45) is 5.92 Å². The van der Waals surface area contributed by atoms with Crippen LogP contribution >= 0.6 is 11.6 Å². The fourth-order valence-corrected chi connectivity index (χ4v) is 4.03. The minimum atomic E-state index is -4.80. The van der Waals surface area contributed by atoms with Crippen molar-refractivity contribution in [3.05, 3.63) is 34.2 Å². The summed E-state index contributed by atoms with van der Waals surface area (Å²) < 4.78 is 68.8. The lowest BCUT2D eigenvalue weighted by molar-refractivity contribution is -0.141. The number of imidazole rings is 1. The maximum atomic E-state index is 13.6. The number of alkyl halides is 5. The van der Waals surface area contributed by atoms with Crippen LogP contribution in [0.2, 0.25) is 5.15 Å². The van der Waals surface area contributed by atoms with Crippen molar-refractivity contribution in [2.75, 3.05) is 13.2 Å². The zero-order valence-corrected chi connectivity index (χ0v) is 17.0.